The van der Waals surface area contributed by atoms with Crippen LogP contribution in [0.2, 0.25) is 0 Å². The van der Waals surface area contributed by atoms with Gasteiger partial charge in [-0.3, -0.25) is 14.4 Å². The van der Waals surface area contributed by atoms with Gasteiger partial charge in [0.1, 0.15) is 35.4 Å². The summed E-state index contributed by atoms with van der Waals surface area (Å²) in [5.74, 6) is -4.99. The first-order chi connectivity index (χ1) is 18.7. The summed E-state index contributed by atoms with van der Waals surface area (Å²) in [4.78, 5) is 42.2. The van der Waals surface area contributed by atoms with E-state index in [0.29, 0.717) is 31.4 Å². The van der Waals surface area contributed by atoms with Crippen LogP contribution in [0.15, 0.2) is 23.1 Å². The van der Waals surface area contributed by atoms with Gasteiger partial charge in [0.2, 0.25) is 5.43 Å². The number of aromatic nitrogens is 1. The second-order valence-corrected chi connectivity index (χ2v) is 10.2. The molecule has 0 unspecified atom stereocenters. The molecular weight excluding hydrogens is 519 g/mol. The zero-order chi connectivity index (χ0) is 27.9. The van der Waals surface area contributed by atoms with Gasteiger partial charge in [0, 0.05) is 43.0 Å². The van der Waals surface area contributed by atoms with Crippen molar-refractivity contribution in [1.29, 1.82) is 0 Å². The largest absolute Gasteiger partial charge is 0.487 e. The average Bonchev–Trinajstić information content (AvgIpc) is 3.33. The second-order valence-electron chi connectivity index (χ2n) is 10.2. The van der Waals surface area contributed by atoms with Crippen LogP contribution in [0.3, 0.4) is 0 Å². The van der Waals surface area contributed by atoms with Gasteiger partial charge >= 0.3 is 0 Å². The van der Waals surface area contributed by atoms with E-state index in [1.165, 1.54) is 6.20 Å². The van der Waals surface area contributed by atoms with Crippen molar-refractivity contribution < 1.29 is 37.0 Å². The van der Waals surface area contributed by atoms with Crippen molar-refractivity contribution in [2.24, 2.45) is 0 Å². The van der Waals surface area contributed by atoms with Gasteiger partial charge in [-0.05, 0) is 26.2 Å². The number of ether oxygens (including phenoxy) is 3. The molecule has 2 bridgehead atoms. The Morgan fingerprint density at radius 2 is 1.97 bits per heavy atom. The fourth-order valence-electron chi connectivity index (χ4n) is 5.50. The summed E-state index contributed by atoms with van der Waals surface area (Å²) in [5, 5.41) is 2.34. The highest BCUT2D eigenvalue weighted by Gasteiger charge is 2.52. The summed E-state index contributed by atoms with van der Waals surface area (Å²) in [6.07, 6.45) is 3.91. The summed E-state index contributed by atoms with van der Waals surface area (Å²) in [7, 11) is 0. The minimum atomic E-state index is -1.17. The van der Waals surface area contributed by atoms with E-state index in [1.807, 2.05) is 13.8 Å². The standard InChI is InChI=1S/C27H30F3N3O6/c1-3-4-7-38-24-22-26(36)32-12-21(27(6-5-15(32)2)13-37-14-39-27)33(22)11-18(23(24)34)25(35)31-10-17-19(29)8-16(28)9-20(17)30/h8-9,11,15,21H,3-7,10,12-14H2,1-2H3,(H,31,35)/t15-,21+,27+/m0/s1. The predicted octanol–water partition coefficient (Wildman–Crippen LogP) is 3.30. The molecule has 0 radical (unpaired) electrons. The van der Waals surface area contributed by atoms with E-state index in [4.69, 9.17) is 14.2 Å². The molecule has 39 heavy (non-hydrogen) atoms. The Hall–Kier alpha value is -3.38. The molecule has 1 N–H and O–H groups in total. The molecule has 210 valence electrons. The van der Waals surface area contributed by atoms with Gasteiger partial charge in [-0.25, -0.2) is 13.2 Å². The van der Waals surface area contributed by atoms with Crippen molar-refractivity contribution in [3.8, 4) is 5.75 Å². The van der Waals surface area contributed by atoms with E-state index < -0.39 is 52.5 Å². The lowest BCUT2D eigenvalue weighted by molar-refractivity contribution is -0.0477. The van der Waals surface area contributed by atoms with Crippen LogP contribution in [-0.4, -0.2) is 59.5 Å². The number of carbonyl (C=O) groups is 2. The molecule has 5 rings (SSSR count). The molecule has 0 saturated carbocycles. The monoisotopic (exact) mass is 549 g/mol. The maximum absolute atomic E-state index is 14.1. The van der Waals surface area contributed by atoms with Gasteiger partial charge in [-0.2, -0.15) is 0 Å². The van der Waals surface area contributed by atoms with Crippen molar-refractivity contribution in [2.75, 3.05) is 26.6 Å². The number of nitrogens with one attached hydrogen (secondary N) is 1. The third kappa shape index (κ3) is 4.80. The minimum Gasteiger partial charge on any atom is -0.487 e. The molecule has 3 aliphatic heterocycles. The molecule has 3 aliphatic rings. The molecule has 1 spiro atoms. The van der Waals surface area contributed by atoms with Gasteiger partial charge < -0.3 is 29.0 Å². The van der Waals surface area contributed by atoms with Gasteiger partial charge in [0.15, 0.2) is 11.4 Å². The first kappa shape index (κ1) is 27.2. The summed E-state index contributed by atoms with van der Waals surface area (Å²) < 4.78 is 60.7. The van der Waals surface area contributed by atoms with Crippen LogP contribution in [-0.2, 0) is 16.0 Å². The number of benzene rings is 1. The number of nitrogens with zero attached hydrogens (tertiary/aromatic N) is 2. The predicted molar refractivity (Wildman–Crippen MR) is 132 cm³/mol. The van der Waals surface area contributed by atoms with E-state index in [-0.39, 0.29) is 55.5 Å². The number of pyridine rings is 1. The maximum Gasteiger partial charge on any atom is 0.274 e. The van der Waals surface area contributed by atoms with Gasteiger partial charge in [-0.15, -0.1) is 0 Å². The number of hydrogen-bond acceptors (Lipinski definition) is 6. The molecule has 3 atom stereocenters. The number of fused-ring (bicyclic) bond motifs is 5. The highest BCUT2D eigenvalue weighted by molar-refractivity contribution is 5.99. The van der Waals surface area contributed by atoms with Gasteiger partial charge in [-0.1, -0.05) is 13.3 Å². The Morgan fingerprint density at radius 1 is 1.23 bits per heavy atom. The molecular formula is C27H30F3N3O6. The van der Waals surface area contributed by atoms with E-state index in [1.54, 1.807) is 9.47 Å². The number of carbonyl (C=O) groups excluding carboxylic acids is 2. The van der Waals surface area contributed by atoms with Crippen LogP contribution >= 0.6 is 0 Å². The smallest absolute Gasteiger partial charge is 0.274 e. The molecule has 12 heteroatoms. The first-order valence-corrected chi connectivity index (χ1v) is 13.0. The molecule has 2 aromatic rings. The lowest BCUT2D eigenvalue weighted by atomic mass is 9.89. The molecule has 0 aliphatic carbocycles. The first-order valence-electron chi connectivity index (χ1n) is 13.0. The van der Waals surface area contributed by atoms with Crippen LogP contribution in [0.5, 0.6) is 5.75 Å². The number of rotatable bonds is 7. The van der Waals surface area contributed by atoms with Crippen molar-refractivity contribution in [2.45, 2.75) is 63.8 Å². The lowest BCUT2D eigenvalue weighted by Crippen LogP contribution is -2.53. The van der Waals surface area contributed by atoms with E-state index in [9.17, 15) is 27.6 Å². The highest BCUT2D eigenvalue weighted by atomic mass is 19.1. The Labute approximate surface area is 222 Å². The fourth-order valence-corrected chi connectivity index (χ4v) is 5.50. The third-order valence-corrected chi connectivity index (χ3v) is 7.78. The van der Waals surface area contributed by atoms with Gasteiger partial charge in [0.25, 0.3) is 11.8 Å². The van der Waals surface area contributed by atoms with E-state index in [2.05, 4.69) is 5.32 Å². The minimum absolute atomic E-state index is 0.0307. The molecule has 2 fully saturated rings. The van der Waals surface area contributed by atoms with Gasteiger partial charge in [0.05, 0.1) is 19.3 Å². The summed E-state index contributed by atoms with van der Waals surface area (Å²) >= 11 is 0. The summed E-state index contributed by atoms with van der Waals surface area (Å²) in [6, 6.07) is 0.404. The average molecular weight is 550 g/mol. The molecule has 1 aromatic heterocycles. The third-order valence-electron chi connectivity index (χ3n) is 7.78. The zero-order valence-corrected chi connectivity index (χ0v) is 21.7. The molecule has 9 nitrogen and oxygen atoms in total. The summed E-state index contributed by atoms with van der Waals surface area (Å²) in [6.45, 7) is 4.03. The second kappa shape index (κ2) is 10.6. The zero-order valence-electron chi connectivity index (χ0n) is 21.7. The number of hydrogen-bond donors (Lipinski definition) is 1. The Kier molecular flexibility index (Phi) is 7.43. The molecule has 2 amide bonds. The Bertz CT molecular complexity index is 1330. The van der Waals surface area contributed by atoms with Crippen LogP contribution in [0, 0.1) is 17.5 Å². The van der Waals surface area contributed by atoms with Crippen LogP contribution in [0.4, 0.5) is 13.2 Å². The quantitative estimate of drug-likeness (QED) is 0.533. The molecule has 1 aromatic carbocycles. The topological polar surface area (TPSA) is 99.1 Å². The lowest BCUT2D eigenvalue weighted by Gasteiger charge is -2.42. The van der Waals surface area contributed by atoms with E-state index in [0.717, 1.165) is 6.42 Å². The molecule has 4 heterocycles. The van der Waals surface area contributed by atoms with Crippen molar-refractivity contribution in [3.05, 3.63) is 62.8 Å². The van der Waals surface area contributed by atoms with Crippen LogP contribution < -0.4 is 15.5 Å². The Morgan fingerprint density at radius 3 is 2.64 bits per heavy atom. The van der Waals surface area contributed by atoms with E-state index >= 15 is 0 Å². The van der Waals surface area contributed by atoms with Crippen molar-refractivity contribution in [1.82, 2.24) is 14.8 Å². The molecule has 2 saturated heterocycles. The van der Waals surface area contributed by atoms with Crippen molar-refractivity contribution >= 4 is 11.8 Å². The fraction of sp³-hybridized carbons (Fsp3) is 0.519. The maximum atomic E-state index is 14.1. The van der Waals surface area contributed by atoms with Crippen molar-refractivity contribution in [3.63, 3.8) is 0 Å². The van der Waals surface area contributed by atoms with Crippen LogP contribution in [0.1, 0.15) is 72.0 Å². The number of amides is 2. The SMILES string of the molecule is CCCCOc1c2n(cc(C(=O)NCc3c(F)cc(F)cc3F)c1=O)[C@@H]1CN(C2=O)[C@@H](C)CC[C@@]12COCO2. The number of halogens is 3. The Balaban J connectivity index is 1.59. The summed E-state index contributed by atoms with van der Waals surface area (Å²) in [5.41, 5.74) is -2.49. The highest BCUT2D eigenvalue weighted by Crippen LogP contribution is 2.44. The number of unbranched alkanes of at least 4 members (excludes halogenated alkanes) is 1. The van der Waals surface area contributed by atoms with Crippen LogP contribution in [0.25, 0.3) is 0 Å². The normalized spacial score (nSPS) is 24.0.